The van der Waals surface area contributed by atoms with Crippen molar-refractivity contribution in [2.24, 2.45) is 0 Å². The average Bonchev–Trinajstić information content (AvgIpc) is 3.18. The quantitative estimate of drug-likeness (QED) is 0.736. The van der Waals surface area contributed by atoms with Crippen LogP contribution in [-0.4, -0.2) is 24.0 Å². The Morgan fingerprint density at radius 1 is 1.23 bits per heavy atom. The molecule has 1 amide bonds. The van der Waals surface area contributed by atoms with Crippen LogP contribution in [0.2, 0.25) is 0 Å². The largest absolute Gasteiger partial charge is 0.573 e. The Labute approximate surface area is 148 Å². The lowest BCUT2D eigenvalue weighted by molar-refractivity contribution is -0.274. The van der Waals surface area contributed by atoms with Gasteiger partial charge in [-0.05, 0) is 24.3 Å². The van der Waals surface area contributed by atoms with Crippen LogP contribution in [0.15, 0.2) is 36.4 Å². The SMILES string of the molecule is O=C(Nc1nc2ccc(OC(F)(F)F)cc2s1)c1cccc2c1OCO2. The predicted molar refractivity (Wildman–Crippen MR) is 86.8 cm³/mol. The van der Waals surface area contributed by atoms with Crippen LogP contribution < -0.4 is 19.5 Å². The molecule has 0 saturated carbocycles. The summed E-state index contributed by atoms with van der Waals surface area (Å²) >= 11 is 1.03. The third-order valence-corrected chi connectivity index (χ3v) is 4.39. The second kappa shape index (κ2) is 6.06. The van der Waals surface area contributed by atoms with Crippen molar-refractivity contribution < 1.29 is 32.2 Å². The van der Waals surface area contributed by atoms with Crippen molar-refractivity contribution >= 4 is 32.6 Å². The van der Waals surface area contributed by atoms with Gasteiger partial charge in [0.25, 0.3) is 5.91 Å². The number of para-hydroxylation sites is 1. The van der Waals surface area contributed by atoms with Gasteiger partial charge < -0.3 is 14.2 Å². The van der Waals surface area contributed by atoms with E-state index in [0.29, 0.717) is 21.7 Å². The first-order valence-corrected chi connectivity index (χ1v) is 8.07. The number of alkyl halides is 3. The summed E-state index contributed by atoms with van der Waals surface area (Å²) in [7, 11) is 0. The van der Waals surface area contributed by atoms with Crippen LogP contribution in [0.25, 0.3) is 10.2 Å². The van der Waals surface area contributed by atoms with Gasteiger partial charge in [-0.2, -0.15) is 0 Å². The molecular formula is C16H9F3N2O4S. The molecule has 1 aliphatic rings. The molecule has 1 aliphatic heterocycles. The van der Waals surface area contributed by atoms with Gasteiger partial charge in [0.1, 0.15) is 5.75 Å². The minimum Gasteiger partial charge on any atom is -0.454 e. The number of aromatic nitrogens is 1. The van der Waals surface area contributed by atoms with Crippen LogP contribution in [-0.2, 0) is 0 Å². The van der Waals surface area contributed by atoms with E-state index < -0.39 is 12.3 Å². The molecule has 0 saturated heterocycles. The summed E-state index contributed by atoms with van der Waals surface area (Å²) in [4.78, 5) is 16.6. The minimum absolute atomic E-state index is 0.0305. The molecule has 26 heavy (non-hydrogen) atoms. The molecule has 134 valence electrons. The molecule has 2 heterocycles. The zero-order chi connectivity index (χ0) is 18.3. The summed E-state index contributed by atoms with van der Waals surface area (Å²) in [5.74, 6) is -0.000934. The van der Waals surface area contributed by atoms with Crippen LogP contribution in [0.3, 0.4) is 0 Å². The molecule has 1 N–H and O–H groups in total. The van der Waals surface area contributed by atoms with Gasteiger partial charge in [-0.25, -0.2) is 4.98 Å². The second-order valence-electron chi connectivity index (χ2n) is 5.19. The number of nitrogens with zero attached hydrogens (tertiary/aromatic N) is 1. The lowest BCUT2D eigenvalue weighted by Crippen LogP contribution is -2.16. The number of rotatable bonds is 3. The van der Waals surface area contributed by atoms with E-state index in [-0.39, 0.29) is 23.2 Å². The van der Waals surface area contributed by atoms with Crippen molar-refractivity contribution in [3.63, 3.8) is 0 Å². The van der Waals surface area contributed by atoms with E-state index in [2.05, 4.69) is 15.0 Å². The number of hydrogen-bond acceptors (Lipinski definition) is 6. The number of halogens is 3. The Morgan fingerprint density at radius 3 is 2.88 bits per heavy atom. The van der Waals surface area contributed by atoms with E-state index in [1.165, 1.54) is 12.1 Å². The molecule has 6 nitrogen and oxygen atoms in total. The van der Waals surface area contributed by atoms with E-state index in [9.17, 15) is 18.0 Å². The highest BCUT2D eigenvalue weighted by atomic mass is 32.1. The number of ether oxygens (including phenoxy) is 3. The van der Waals surface area contributed by atoms with Gasteiger partial charge in [0.15, 0.2) is 16.6 Å². The number of hydrogen-bond donors (Lipinski definition) is 1. The number of benzene rings is 2. The van der Waals surface area contributed by atoms with Crippen LogP contribution in [0.1, 0.15) is 10.4 Å². The fourth-order valence-electron chi connectivity index (χ4n) is 2.43. The maximum atomic E-state index is 12.5. The van der Waals surface area contributed by atoms with E-state index in [1.807, 2.05) is 0 Å². The van der Waals surface area contributed by atoms with Gasteiger partial charge in [0, 0.05) is 6.07 Å². The number of carbonyl (C=O) groups is 1. The van der Waals surface area contributed by atoms with E-state index in [1.54, 1.807) is 18.2 Å². The van der Waals surface area contributed by atoms with Gasteiger partial charge in [-0.1, -0.05) is 17.4 Å². The monoisotopic (exact) mass is 382 g/mol. The van der Waals surface area contributed by atoms with Gasteiger partial charge in [0.2, 0.25) is 6.79 Å². The number of thiazole rings is 1. The zero-order valence-corrected chi connectivity index (χ0v) is 13.6. The summed E-state index contributed by atoms with van der Waals surface area (Å²) in [6.07, 6.45) is -4.77. The van der Waals surface area contributed by atoms with Crippen molar-refractivity contribution in [2.75, 3.05) is 12.1 Å². The summed E-state index contributed by atoms with van der Waals surface area (Å²) < 4.78 is 51.7. The van der Waals surface area contributed by atoms with Crippen molar-refractivity contribution in [2.45, 2.75) is 6.36 Å². The highest BCUT2D eigenvalue weighted by molar-refractivity contribution is 7.22. The molecule has 0 radical (unpaired) electrons. The first kappa shape index (κ1) is 16.5. The molecule has 0 unspecified atom stereocenters. The smallest absolute Gasteiger partial charge is 0.454 e. The Morgan fingerprint density at radius 2 is 2.08 bits per heavy atom. The van der Waals surface area contributed by atoms with Crippen molar-refractivity contribution in [3.8, 4) is 17.2 Å². The van der Waals surface area contributed by atoms with E-state index in [0.717, 1.165) is 17.4 Å². The fourth-order valence-corrected chi connectivity index (χ4v) is 3.32. The molecule has 0 fully saturated rings. The molecule has 10 heteroatoms. The highest BCUT2D eigenvalue weighted by Gasteiger charge is 2.31. The molecule has 0 spiro atoms. The Kier molecular flexibility index (Phi) is 3.83. The first-order valence-electron chi connectivity index (χ1n) is 7.25. The minimum atomic E-state index is -4.77. The topological polar surface area (TPSA) is 69.7 Å². The Bertz CT molecular complexity index is 1000. The van der Waals surface area contributed by atoms with Crippen LogP contribution in [0, 0.1) is 0 Å². The molecule has 0 bridgehead atoms. The lowest BCUT2D eigenvalue weighted by atomic mass is 10.2. The normalized spacial score (nSPS) is 13.0. The highest BCUT2D eigenvalue weighted by Crippen LogP contribution is 2.36. The number of anilines is 1. The molecule has 4 rings (SSSR count). The average molecular weight is 382 g/mol. The molecule has 2 aromatic carbocycles. The van der Waals surface area contributed by atoms with Crippen LogP contribution >= 0.6 is 11.3 Å². The summed E-state index contributed by atoms with van der Waals surface area (Å²) in [5.41, 5.74) is 0.720. The molecular weight excluding hydrogens is 373 g/mol. The van der Waals surface area contributed by atoms with Crippen molar-refractivity contribution in [1.82, 2.24) is 4.98 Å². The van der Waals surface area contributed by atoms with Gasteiger partial charge in [-0.15, -0.1) is 13.2 Å². The number of carbonyl (C=O) groups excluding carboxylic acids is 1. The zero-order valence-electron chi connectivity index (χ0n) is 12.8. The third kappa shape index (κ3) is 3.23. The van der Waals surface area contributed by atoms with Gasteiger partial charge in [-0.3, -0.25) is 10.1 Å². The van der Waals surface area contributed by atoms with Crippen molar-refractivity contribution in [1.29, 1.82) is 0 Å². The fraction of sp³-hybridized carbons (Fsp3) is 0.125. The van der Waals surface area contributed by atoms with Gasteiger partial charge >= 0.3 is 6.36 Å². The summed E-state index contributed by atoms with van der Waals surface area (Å²) in [6.45, 7) is 0.0305. The van der Waals surface area contributed by atoms with E-state index in [4.69, 9.17) is 9.47 Å². The van der Waals surface area contributed by atoms with Crippen LogP contribution in [0.4, 0.5) is 18.3 Å². The summed E-state index contributed by atoms with van der Waals surface area (Å²) in [6, 6.07) is 8.68. The molecule has 0 aliphatic carbocycles. The second-order valence-corrected chi connectivity index (χ2v) is 6.22. The standard InChI is InChI=1S/C16H9F3N2O4S/c17-16(18,19)25-8-4-5-10-12(6-8)26-15(20-10)21-14(22)9-2-1-3-11-13(9)24-7-23-11/h1-6H,7H2,(H,20,21,22). The van der Waals surface area contributed by atoms with Gasteiger partial charge in [0.05, 0.1) is 15.8 Å². The molecule has 1 aromatic heterocycles. The Hall–Kier alpha value is -3.01. The number of fused-ring (bicyclic) bond motifs is 2. The maximum absolute atomic E-state index is 12.5. The molecule has 3 aromatic rings. The van der Waals surface area contributed by atoms with Crippen LogP contribution in [0.5, 0.6) is 17.2 Å². The van der Waals surface area contributed by atoms with E-state index >= 15 is 0 Å². The lowest BCUT2D eigenvalue weighted by Gasteiger charge is -2.07. The molecule has 0 atom stereocenters. The number of amides is 1. The summed E-state index contributed by atoms with van der Waals surface area (Å²) in [5, 5.41) is 2.86. The number of nitrogens with one attached hydrogen (secondary N) is 1. The van der Waals surface area contributed by atoms with Crippen molar-refractivity contribution in [3.05, 3.63) is 42.0 Å². The first-order chi connectivity index (χ1) is 12.4. The third-order valence-electron chi connectivity index (χ3n) is 3.46. The predicted octanol–water partition coefficient (Wildman–Crippen LogP) is 4.18. The maximum Gasteiger partial charge on any atom is 0.573 e. The Balaban J connectivity index is 1.58.